The number of hydrogen-bond donors (Lipinski definition) is 1. The average Bonchev–Trinajstić information content (AvgIpc) is 2.42. The highest BCUT2D eigenvalue weighted by atomic mass is 79.9. The summed E-state index contributed by atoms with van der Waals surface area (Å²) in [4.78, 5) is 11.6. The van der Waals surface area contributed by atoms with Gasteiger partial charge in [-0.3, -0.25) is 4.79 Å². The highest BCUT2D eigenvalue weighted by molar-refractivity contribution is 9.10. The number of carbonyl (C=O) groups is 1. The highest BCUT2D eigenvalue weighted by Gasteiger charge is 2.02. The van der Waals surface area contributed by atoms with Crippen molar-refractivity contribution in [3.8, 4) is 0 Å². The maximum atomic E-state index is 13.3. The molecule has 0 aliphatic heterocycles. The molecule has 0 unspecified atom stereocenters. The van der Waals surface area contributed by atoms with E-state index in [1.807, 2.05) is 30.3 Å². The van der Waals surface area contributed by atoms with Crippen LogP contribution in [0.1, 0.15) is 5.56 Å². The van der Waals surface area contributed by atoms with E-state index < -0.39 is 5.82 Å². The minimum absolute atomic E-state index is 0.300. The molecule has 1 N–H and O–H groups in total. The van der Waals surface area contributed by atoms with Gasteiger partial charge in [0, 0.05) is 11.8 Å². The van der Waals surface area contributed by atoms with E-state index in [0.717, 1.165) is 5.56 Å². The topological polar surface area (TPSA) is 29.1 Å². The zero-order chi connectivity index (χ0) is 13.7. The molecule has 0 heterocycles. The predicted octanol–water partition coefficient (Wildman–Crippen LogP) is 4.24. The molecule has 0 aromatic heterocycles. The van der Waals surface area contributed by atoms with Crippen molar-refractivity contribution in [1.82, 2.24) is 0 Å². The van der Waals surface area contributed by atoms with Crippen LogP contribution in [0, 0.1) is 5.82 Å². The normalized spacial score (nSPS) is 10.6. The first-order valence-corrected chi connectivity index (χ1v) is 6.43. The predicted molar refractivity (Wildman–Crippen MR) is 78.2 cm³/mol. The Bertz CT molecular complexity index is 611. The maximum absolute atomic E-state index is 13.3. The molecule has 0 saturated carbocycles. The summed E-state index contributed by atoms with van der Waals surface area (Å²) in [6.07, 6.45) is 3.11. The van der Waals surface area contributed by atoms with E-state index in [9.17, 15) is 9.18 Å². The van der Waals surface area contributed by atoms with E-state index in [4.69, 9.17) is 0 Å². The lowest BCUT2D eigenvalue weighted by Crippen LogP contribution is -2.07. The number of nitrogens with one attached hydrogen (secondary N) is 1. The van der Waals surface area contributed by atoms with Crippen molar-refractivity contribution in [2.45, 2.75) is 0 Å². The van der Waals surface area contributed by atoms with Crippen molar-refractivity contribution in [1.29, 1.82) is 0 Å². The van der Waals surface area contributed by atoms with E-state index in [-0.39, 0.29) is 5.91 Å². The molecule has 0 atom stereocenters. The fraction of sp³-hybridized carbons (Fsp3) is 0. The molecule has 0 radical (unpaired) electrons. The molecule has 0 aliphatic carbocycles. The monoisotopic (exact) mass is 319 g/mol. The molecule has 2 aromatic carbocycles. The Morgan fingerprint density at radius 2 is 1.89 bits per heavy atom. The lowest BCUT2D eigenvalue weighted by atomic mass is 10.2. The average molecular weight is 320 g/mol. The zero-order valence-electron chi connectivity index (χ0n) is 9.94. The van der Waals surface area contributed by atoms with Crippen molar-refractivity contribution < 1.29 is 9.18 Å². The van der Waals surface area contributed by atoms with Crippen LogP contribution < -0.4 is 5.32 Å². The number of carbonyl (C=O) groups excluding carboxylic acids is 1. The Kier molecular flexibility index (Phi) is 4.47. The summed E-state index contributed by atoms with van der Waals surface area (Å²) in [5, 5.41) is 2.59. The summed E-state index contributed by atoms with van der Waals surface area (Å²) < 4.78 is 13.6. The van der Waals surface area contributed by atoms with Crippen LogP contribution in [0.2, 0.25) is 0 Å². The van der Waals surface area contributed by atoms with Gasteiger partial charge in [0.05, 0.1) is 4.47 Å². The van der Waals surface area contributed by atoms with Crippen LogP contribution in [0.15, 0.2) is 59.1 Å². The summed E-state index contributed by atoms with van der Waals surface area (Å²) in [5.41, 5.74) is 1.35. The second-order valence-electron chi connectivity index (χ2n) is 3.86. The summed E-state index contributed by atoms with van der Waals surface area (Å²) in [7, 11) is 0. The van der Waals surface area contributed by atoms with Gasteiger partial charge in [0.15, 0.2) is 0 Å². The van der Waals surface area contributed by atoms with Crippen molar-refractivity contribution in [2.24, 2.45) is 0 Å². The van der Waals surface area contributed by atoms with Crippen LogP contribution in [0.25, 0.3) is 6.08 Å². The lowest BCUT2D eigenvalue weighted by Gasteiger charge is -2.03. The Morgan fingerprint density at radius 3 is 2.58 bits per heavy atom. The zero-order valence-corrected chi connectivity index (χ0v) is 11.5. The van der Waals surface area contributed by atoms with Gasteiger partial charge in [-0.15, -0.1) is 0 Å². The molecule has 19 heavy (non-hydrogen) atoms. The third-order valence-corrected chi connectivity index (χ3v) is 3.06. The summed E-state index contributed by atoms with van der Waals surface area (Å²) in [6.45, 7) is 0. The largest absolute Gasteiger partial charge is 0.322 e. The fourth-order valence-electron chi connectivity index (χ4n) is 1.49. The van der Waals surface area contributed by atoms with Gasteiger partial charge in [-0.1, -0.05) is 30.3 Å². The smallest absolute Gasteiger partial charge is 0.248 e. The van der Waals surface area contributed by atoms with Crippen LogP contribution in [-0.2, 0) is 4.79 Å². The highest BCUT2D eigenvalue weighted by Crippen LogP contribution is 2.19. The lowest BCUT2D eigenvalue weighted by molar-refractivity contribution is -0.111. The number of amides is 1. The van der Waals surface area contributed by atoms with Gasteiger partial charge < -0.3 is 5.32 Å². The minimum Gasteiger partial charge on any atom is -0.322 e. The molecule has 96 valence electrons. The molecule has 0 saturated heterocycles. The van der Waals surface area contributed by atoms with Crippen LogP contribution >= 0.6 is 15.9 Å². The third-order valence-electron chi connectivity index (χ3n) is 2.41. The van der Waals surface area contributed by atoms with Crippen LogP contribution in [-0.4, -0.2) is 5.91 Å². The van der Waals surface area contributed by atoms with Crippen molar-refractivity contribution in [2.75, 3.05) is 5.32 Å². The van der Waals surface area contributed by atoms with Crippen LogP contribution in [0.3, 0.4) is 0 Å². The molecule has 2 nitrogen and oxygen atoms in total. The van der Waals surface area contributed by atoms with E-state index in [0.29, 0.717) is 10.2 Å². The number of halogens is 2. The molecule has 2 aromatic rings. The standard InChI is InChI=1S/C15H11BrFNO/c16-13-8-7-12(10-14(13)17)18-15(19)9-6-11-4-2-1-3-5-11/h1-10H,(H,18,19). The first-order chi connectivity index (χ1) is 9.15. The van der Waals surface area contributed by atoms with Gasteiger partial charge in [-0.05, 0) is 45.8 Å². The molecule has 0 fully saturated rings. The molecule has 0 aliphatic rings. The van der Waals surface area contributed by atoms with Crippen molar-refractivity contribution in [3.63, 3.8) is 0 Å². The van der Waals surface area contributed by atoms with E-state index in [1.165, 1.54) is 12.1 Å². The molecule has 0 spiro atoms. The van der Waals surface area contributed by atoms with Crippen molar-refractivity contribution in [3.05, 3.63) is 70.5 Å². The van der Waals surface area contributed by atoms with Crippen molar-refractivity contribution >= 4 is 33.6 Å². The molecule has 2 rings (SSSR count). The summed E-state index contributed by atoms with van der Waals surface area (Å²) in [6, 6.07) is 13.9. The molecule has 1 amide bonds. The van der Waals surface area contributed by atoms with Gasteiger partial charge >= 0.3 is 0 Å². The Balaban J connectivity index is 2.01. The first-order valence-electron chi connectivity index (χ1n) is 5.64. The number of benzene rings is 2. The quantitative estimate of drug-likeness (QED) is 0.842. The second kappa shape index (κ2) is 6.29. The third kappa shape index (κ3) is 4.03. The summed E-state index contributed by atoms with van der Waals surface area (Å²) in [5.74, 6) is -0.713. The number of rotatable bonds is 3. The van der Waals surface area contributed by atoms with E-state index >= 15 is 0 Å². The number of hydrogen-bond acceptors (Lipinski definition) is 1. The van der Waals surface area contributed by atoms with E-state index in [2.05, 4.69) is 21.2 Å². The Morgan fingerprint density at radius 1 is 1.16 bits per heavy atom. The molecule has 0 bridgehead atoms. The van der Waals surface area contributed by atoms with Gasteiger partial charge in [-0.25, -0.2) is 4.39 Å². The number of anilines is 1. The fourth-order valence-corrected chi connectivity index (χ4v) is 1.74. The molecular weight excluding hydrogens is 309 g/mol. The SMILES string of the molecule is O=C(C=Cc1ccccc1)Nc1ccc(Br)c(F)c1. The first kappa shape index (κ1) is 13.5. The van der Waals surface area contributed by atoms with Crippen LogP contribution in [0.5, 0.6) is 0 Å². The van der Waals surface area contributed by atoms with Crippen LogP contribution in [0.4, 0.5) is 10.1 Å². The molecule has 4 heteroatoms. The van der Waals surface area contributed by atoms with E-state index in [1.54, 1.807) is 18.2 Å². The Hall–Kier alpha value is -1.94. The summed E-state index contributed by atoms with van der Waals surface area (Å²) >= 11 is 3.06. The second-order valence-corrected chi connectivity index (χ2v) is 4.72. The molecular formula is C15H11BrFNO. The van der Waals surface area contributed by atoms with Gasteiger partial charge in [0.25, 0.3) is 0 Å². The van der Waals surface area contributed by atoms with Gasteiger partial charge in [-0.2, -0.15) is 0 Å². The van der Waals surface area contributed by atoms with Gasteiger partial charge in [0.1, 0.15) is 5.82 Å². The Labute approximate surface area is 119 Å². The van der Waals surface area contributed by atoms with Gasteiger partial charge in [0.2, 0.25) is 5.91 Å². The maximum Gasteiger partial charge on any atom is 0.248 e. The minimum atomic E-state index is -0.412.